The van der Waals surface area contributed by atoms with Gasteiger partial charge in [0, 0.05) is 18.8 Å². The predicted molar refractivity (Wildman–Crippen MR) is 117 cm³/mol. The van der Waals surface area contributed by atoms with Crippen LogP contribution in [0.1, 0.15) is 104 Å². The summed E-state index contributed by atoms with van der Waals surface area (Å²) in [4.78, 5) is 23.7. The van der Waals surface area contributed by atoms with Gasteiger partial charge in [-0.25, -0.2) is 0 Å². The number of carbonyl (C=O) groups is 2. The van der Waals surface area contributed by atoms with Crippen LogP contribution in [0.3, 0.4) is 0 Å². The molecular weight excluding hydrogens is 364 g/mol. The fourth-order valence-corrected chi connectivity index (χ4v) is 5.07. The minimum atomic E-state index is -0.359. The van der Waals surface area contributed by atoms with Crippen LogP contribution < -0.4 is 0 Å². The minimum absolute atomic E-state index is 0.101. The van der Waals surface area contributed by atoms with Crippen molar-refractivity contribution < 1.29 is 19.4 Å². The van der Waals surface area contributed by atoms with Crippen LogP contribution in [0.25, 0.3) is 0 Å². The number of rotatable bonds is 14. The number of hydrogen-bond acceptors (Lipinski definition) is 4. The lowest BCUT2D eigenvalue weighted by molar-refractivity contribution is -0.143. The minimum Gasteiger partial charge on any atom is -0.466 e. The summed E-state index contributed by atoms with van der Waals surface area (Å²) in [6.07, 6.45) is 17.8. The summed E-state index contributed by atoms with van der Waals surface area (Å²) in [5.74, 6) is 0.701. The van der Waals surface area contributed by atoms with Crippen molar-refractivity contribution in [2.45, 2.75) is 110 Å². The van der Waals surface area contributed by atoms with E-state index in [2.05, 4.69) is 13.0 Å². The molecule has 2 saturated carbocycles. The molecule has 2 fully saturated rings. The van der Waals surface area contributed by atoms with E-state index in [9.17, 15) is 14.7 Å². The van der Waals surface area contributed by atoms with Gasteiger partial charge in [0.25, 0.3) is 0 Å². The Labute approximate surface area is 177 Å². The number of carbonyl (C=O) groups excluding carboxylic acids is 2. The second-order valence-electron chi connectivity index (χ2n) is 9.18. The van der Waals surface area contributed by atoms with Gasteiger partial charge in [0.1, 0.15) is 5.78 Å². The molecule has 2 rings (SSSR count). The first-order valence-corrected chi connectivity index (χ1v) is 12.1. The Bertz CT molecular complexity index is 535. The fourth-order valence-electron chi connectivity index (χ4n) is 5.07. The highest BCUT2D eigenvalue weighted by Crippen LogP contribution is 2.48. The molecule has 2 aliphatic rings. The van der Waals surface area contributed by atoms with E-state index in [1.807, 2.05) is 13.0 Å². The molecule has 3 atom stereocenters. The van der Waals surface area contributed by atoms with Crippen LogP contribution in [0.5, 0.6) is 0 Å². The van der Waals surface area contributed by atoms with Crippen LogP contribution in [0.2, 0.25) is 0 Å². The van der Waals surface area contributed by atoms with Gasteiger partial charge >= 0.3 is 5.97 Å². The van der Waals surface area contributed by atoms with Crippen LogP contribution >= 0.6 is 0 Å². The number of aliphatic hydroxyl groups is 1. The first-order valence-electron chi connectivity index (χ1n) is 12.1. The third kappa shape index (κ3) is 7.24. The van der Waals surface area contributed by atoms with Crippen LogP contribution in [-0.4, -0.2) is 29.6 Å². The summed E-state index contributed by atoms with van der Waals surface area (Å²) in [5, 5.41) is 10.8. The SMILES string of the molecule is CCCCC1([C@H](O)/C=C/C2CCC(=O)[C@@H]2CCCCCCC(=O)OCC)CCC1. The molecule has 1 N–H and O–H groups in total. The van der Waals surface area contributed by atoms with Crippen LogP contribution in [0.15, 0.2) is 12.2 Å². The zero-order valence-corrected chi connectivity index (χ0v) is 18.7. The third-order valence-corrected chi connectivity index (χ3v) is 7.15. The average Bonchev–Trinajstić information content (AvgIpc) is 3.02. The Morgan fingerprint density at radius 3 is 2.62 bits per heavy atom. The lowest BCUT2D eigenvalue weighted by Crippen LogP contribution is -2.40. The van der Waals surface area contributed by atoms with Crippen LogP contribution in [-0.2, 0) is 14.3 Å². The standard InChI is InChI=1S/C25H42O4/c1-3-5-17-25(18-10-19-25)23(27)16-14-20-13-15-22(26)21(20)11-8-6-7-9-12-24(28)29-4-2/h14,16,20-21,23,27H,3-13,15,17-19H2,1-2H3/b16-14+/t20?,21-,23-/m1/s1. The molecule has 1 unspecified atom stereocenters. The first kappa shape index (κ1) is 24.1. The van der Waals surface area contributed by atoms with Gasteiger partial charge in [-0.3, -0.25) is 9.59 Å². The molecule has 0 amide bonds. The van der Waals surface area contributed by atoms with E-state index >= 15 is 0 Å². The molecule has 0 saturated heterocycles. The molecule has 4 nitrogen and oxygen atoms in total. The monoisotopic (exact) mass is 406 g/mol. The van der Waals surface area contributed by atoms with Crippen molar-refractivity contribution in [3.63, 3.8) is 0 Å². The number of ether oxygens (including phenoxy) is 1. The molecular formula is C25H42O4. The maximum absolute atomic E-state index is 12.4. The molecule has 0 aromatic rings. The highest BCUT2D eigenvalue weighted by atomic mass is 16.5. The van der Waals surface area contributed by atoms with E-state index in [0.717, 1.165) is 57.8 Å². The van der Waals surface area contributed by atoms with E-state index in [4.69, 9.17) is 4.74 Å². The molecule has 29 heavy (non-hydrogen) atoms. The molecule has 0 aliphatic heterocycles. The number of esters is 1. The van der Waals surface area contributed by atoms with Crippen molar-refractivity contribution >= 4 is 11.8 Å². The summed E-state index contributed by atoms with van der Waals surface area (Å²) in [6, 6.07) is 0. The molecule has 0 aromatic heterocycles. The number of aliphatic hydroxyl groups excluding tert-OH is 1. The van der Waals surface area contributed by atoms with Crippen LogP contribution in [0, 0.1) is 17.3 Å². The van der Waals surface area contributed by atoms with Gasteiger partial charge in [-0.2, -0.15) is 0 Å². The highest BCUT2D eigenvalue weighted by molar-refractivity contribution is 5.83. The number of ketones is 1. The van der Waals surface area contributed by atoms with Gasteiger partial charge in [0.15, 0.2) is 0 Å². The third-order valence-electron chi connectivity index (χ3n) is 7.15. The molecule has 0 heterocycles. The summed E-state index contributed by atoms with van der Waals surface area (Å²) in [6.45, 7) is 4.49. The largest absolute Gasteiger partial charge is 0.466 e. The number of unbranched alkanes of at least 4 members (excludes halogenated alkanes) is 4. The normalized spacial score (nSPS) is 24.6. The van der Waals surface area contributed by atoms with Crippen molar-refractivity contribution in [1.29, 1.82) is 0 Å². The number of Topliss-reactive ketones (excluding diaryl/α,β-unsaturated/α-hetero) is 1. The van der Waals surface area contributed by atoms with Crippen molar-refractivity contribution in [3.8, 4) is 0 Å². The van der Waals surface area contributed by atoms with Crippen LogP contribution in [0.4, 0.5) is 0 Å². The van der Waals surface area contributed by atoms with Gasteiger partial charge in [-0.05, 0) is 56.8 Å². The zero-order chi connectivity index (χ0) is 21.1. The molecule has 0 bridgehead atoms. The van der Waals surface area contributed by atoms with Gasteiger partial charge < -0.3 is 9.84 Å². The van der Waals surface area contributed by atoms with Gasteiger partial charge in [0.05, 0.1) is 12.7 Å². The maximum atomic E-state index is 12.4. The molecule has 2 aliphatic carbocycles. The van der Waals surface area contributed by atoms with Gasteiger partial charge in [-0.1, -0.05) is 57.6 Å². The summed E-state index contributed by atoms with van der Waals surface area (Å²) < 4.78 is 4.95. The molecule has 4 heteroatoms. The molecule has 0 spiro atoms. The first-order chi connectivity index (χ1) is 14.0. The van der Waals surface area contributed by atoms with Crippen molar-refractivity contribution in [2.24, 2.45) is 17.3 Å². The summed E-state index contributed by atoms with van der Waals surface area (Å²) >= 11 is 0. The van der Waals surface area contributed by atoms with Gasteiger partial charge in [0.2, 0.25) is 0 Å². The number of allylic oxidation sites excluding steroid dienone is 1. The van der Waals surface area contributed by atoms with E-state index in [1.165, 1.54) is 19.3 Å². The molecule has 0 radical (unpaired) electrons. The molecule has 0 aromatic carbocycles. The Balaban J connectivity index is 1.73. The van der Waals surface area contributed by atoms with E-state index in [0.29, 0.717) is 31.1 Å². The van der Waals surface area contributed by atoms with Crippen molar-refractivity contribution in [2.75, 3.05) is 6.61 Å². The van der Waals surface area contributed by atoms with E-state index in [1.54, 1.807) is 0 Å². The second-order valence-corrected chi connectivity index (χ2v) is 9.18. The smallest absolute Gasteiger partial charge is 0.305 e. The van der Waals surface area contributed by atoms with E-state index < -0.39 is 0 Å². The second kappa shape index (κ2) is 12.5. The Morgan fingerprint density at radius 2 is 1.97 bits per heavy atom. The Morgan fingerprint density at radius 1 is 1.21 bits per heavy atom. The van der Waals surface area contributed by atoms with Gasteiger partial charge in [-0.15, -0.1) is 0 Å². The highest BCUT2D eigenvalue weighted by Gasteiger charge is 2.42. The maximum Gasteiger partial charge on any atom is 0.305 e. The summed E-state index contributed by atoms with van der Waals surface area (Å²) in [7, 11) is 0. The predicted octanol–water partition coefficient (Wildman–Crippen LogP) is 5.76. The molecule has 166 valence electrons. The average molecular weight is 407 g/mol. The summed E-state index contributed by atoms with van der Waals surface area (Å²) in [5.41, 5.74) is 0.101. The Kier molecular flexibility index (Phi) is 10.4. The van der Waals surface area contributed by atoms with Crippen molar-refractivity contribution in [3.05, 3.63) is 12.2 Å². The lowest BCUT2D eigenvalue weighted by Gasteiger charge is -2.45. The topological polar surface area (TPSA) is 63.6 Å². The van der Waals surface area contributed by atoms with Crippen molar-refractivity contribution in [1.82, 2.24) is 0 Å². The number of hydrogen-bond donors (Lipinski definition) is 1. The Hall–Kier alpha value is -1.16. The fraction of sp³-hybridized carbons (Fsp3) is 0.840. The lowest BCUT2D eigenvalue weighted by atomic mass is 9.62. The zero-order valence-electron chi connectivity index (χ0n) is 18.7. The van der Waals surface area contributed by atoms with E-state index in [-0.39, 0.29) is 23.4 Å². The quantitative estimate of drug-likeness (QED) is 0.226.